The lowest BCUT2D eigenvalue weighted by Gasteiger charge is -2.28. The Kier molecular flexibility index (Phi) is 11.4. The van der Waals surface area contributed by atoms with Gasteiger partial charge in [-0.05, 0) is 56.0 Å². The van der Waals surface area contributed by atoms with Crippen molar-refractivity contribution in [2.45, 2.75) is 57.8 Å². The quantitative estimate of drug-likeness (QED) is 0.190. The molecule has 0 aliphatic rings. The summed E-state index contributed by atoms with van der Waals surface area (Å²) >= 11 is 6.07. The van der Waals surface area contributed by atoms with Crippen molar-refractivity contribution < 1.29 is 24.1 Å². The van der Waals surface area contributed by atoms with Crippen LogP contribution in [0.3, 0.4) is 0 Å². The Labute approximate surface area is 217 Å². The van der Waals surface area contributed by atoms with Gasteiger partial charge in [-0.1, -0.05) is 54.1 Å². The van der Waals surface area contributed by atoms with Crippen LogP contribution in [0.25, 0.3) is 0 Å². The molecule has 36 heavy (non-hydrogen) atoms. The van der Waals surface area contributed by atoms with Gasteiger partial charge >= 0.3 is 5.97 Å². The number of carboxylic acid groups (broad SMARTS) is 1. The highest BCUT2D eigenvalue weighted by Gasteiger charge is 2.30. The van der Waals surface area contributed by atoms with E-state index >= 15 is 0 Å². The molecule has 1 aromatic heterocycles. The standard InChI is InChI=1S/C28H35ClN2O5/c1-21(2)31-26(13-14-30-31)25(17-22-9-11-24(29)12-10-22)27(18-28(32)33)36-16-6-15-34-20-35-19-23-7-4-3-5-8-23/h3-5,7-14,21,25,27H,6,15-20H2,1-2H3,(H,32,33)/t25-,27-/m1/s1. The van der Waals surface area contributed by atoms with Gasteiger partial charge in [-0.2, -0.15) is 5.10 Å². The molecule has 3 aromatic rings. The van der Waals surface area contributed by atoms with Crippen molar-refractivity contribution in [3.63, 3.8) is 0 Å². The van der Waals surface area contributed by atoms with Crippen molar-refractivity contribution in [2.24, 2.45) is 0 Å². The SMILES string of the molecule is CC(C)n1nccc1[C@@H](Cc1ccc(Cl)cc1)[C@@H](CC(=O)O)OCCCOCOCc1ccccc1. The molecule has 194 valence electrons. The van der Waals surface area contributed by atoms with E-state index in [0.717, 1.165) is 16.8 Å². The molecule has 0 saturated carbocycles. The first-order chi connectivity index (χ1) is 17.4. The number of rotatable bonds is 16. The summed E-state index contributed by atoms with van der Waals surface area (Å²) in [5.41, 5.74) is 3.10. The van der Waals surface area contributed by atoms with Gasteiger partial charge < -0.3 is 19.3 Å². The van der Waals surface area contributed by atoms with Gasteiger partial charge in [0.15, 0.2) is 0 Å². The Morgan fingerprint density at radius 2 is 1.75 bits per heavy atom. The molecule has 2 atom stereocenters. The van der Waals surface area contributed by atoms with Crippen LogP contribution < -0.4 is 0 Å². The number of nitrogens with zero attached hydrogens (tertiary/aromatic N) is 2. The fourth-order valence-electron chi connectivity index (χ4n) is 4.09. The van der Waals surface area contributed by atoms with Crippen molar-refractivity contribution in [1.82, 2.24) is 9.78 Å². The number of hydrogen-bond acceptors (Lipinski definition) is 5. The molecule has 8 heteroatoms. The first-order valence-corrected chi connectivity index (χ1v) is 12.6. The molecule has 1 heterocycles. The maximum atomic E-state index is 11.8. The van der Waals surface area contributed by atoms with E-state index in [9.17, 15) is 9.90 Å². The fraction of sp³-hybridized carbons (Fsp3) is 0.429. The average Bonchev–Trinajstić information content (AvgIpc) is 3.35. The second-order valence-electron chi connectivity index (χ2n) is 8.95. The van der Waals surface area contributed by atoms with Gasteiger partial charge in [-0.3, -0.25) is 9.48 Å². The summed E-state index contributed by atoms with van der Waals surface area (Å²) in [5, 5.41) is 14.8. The van der Waals surface area contributed by atoms with Gasteiger partial charge in [0, 0.05) is 35.5 Å². The molecule has 0 radical (unpaired) electrons. The highest BCUT2D eigenvalue weighted by atomic mass is 35.5. The number of halogens is 1. The molecular weight excluding hydrogens is 480 g/mol. The maximum absolute atomic E-state index is 11.8. The van der Waals surface area contributed by atoms with Gasteiger partial charge in [-0.25, -0.2) is 0 Å². The average molecular weight is 515 g/mol. The van der Waals surface area contributed by atoms with E-state index < -0.39 is 12.1 Å². The van der Waals surface area contributed by atoms with Crippen LogP contribution in [0.15, 0.2) is 66.9 Å². The van der Waals surface area contributed by atoms with Crippen molar-refractivity contribution in [3.05, 3.63) is 88.7 Å². The molecular formula is C28H35ClN2O5. The molecule has 0 bridgehead atoms. The first kappa shape index (κ1) is 27.9. The summed E-state index contributed by atoms with van der Waals surface area (Å²) in [4.78, 5) is 11.8. The zero-order chi connectivity index (χ0) is 25.8. The summed E-state index contributed by atoms with van der Waals surface area (Å²) in [6.07, 6.45) is 2.36. The third-order valence-corrected chi connectivity index (χ3v) is 6.06. The molecule has 7 nitrogen and oxygen atoms in total. The zero-order valence-corrected chi connectivity index (χ0v) is 21.6. The van der Waals surface area contributed by atoms with Gasteiger partial charge in [-0.15, -0.1) is 0 Å². The summed E-state index contributed by atoms with van der Waals surface area (Å²) in [5.74, 6) is -1.09. The molecule has 0 spiro atoms. The van der Waals surface area contributed by atoms with Crippen LogP contribution in [-0.2, 0) is 32.0 Å². The lowest BCUT2D eigenvalue weighted by molar-refractivity contribution is -0.141. The highest BCUT2D eigenvalue weighted by Crippen LogP contribution is 2.30. The van der Waals surface area contributed by atoms with E-state index in [-0.39, 0.29) is 25.2 Å². The molecule has 0 aliphatic carbocycles. The number of carbonyl (C=O) groups is 1. The lowest BCUT2D eigenvalue weighted by Crippen LogP contribution is -2.30. The third kappa shape index (κ3) is 9.06. The number of hydrogen-bond donors (Lipinski definition) is 1. The van der Waals surface area contributed by atoms with Crippen molar-refractivity contribution in [2.75, 3.05) is 20.0 Å². The van der Waals surface area contributed by atoms with Crippen LogP contribution in [0.1, 0.15) is 55.5 Å². The number of ether oxygens (including phenoxy) is 3. The molecule has 0 aliphatic heterocycles. The van der Waals surface area contributed by atoms with E-state index in [4.69, 9.17) is 25.8 Å². The van der Waals surface area contributed by atoms with E-state index in [1.807, 2.05) is 65.3 Å². The van der Waals surface area contributed by atoms with Crippen LogP contribution in [-0.4, -0.2) is 47.0 Å². The molecule has 0 fully saturated rings. The van der Waals surface area contributed by atoms with Gasteiger partial charge in [0.2, 0.25) is 0 Å². The van der Waals surface area contributed by atoms with E-state index in [1.54, 1.807) is 6.20 Å². The summed E-state index contributed by atoms with van der Waals surface area (Å²) < 4.78 is 19.2. The Hall–Kier alpha value is -2.71. The van der Waals surface area contributed by atoms with Crippen LogP contribution in [0.2, 0.25) is 5.02 Å². The lowest BCUT2D eigenvalue weighted by atomic mass is 9.88. The second kappa shape index (κ2) is 14.8. The van der Waals surface area contributed by atoms with Gasteiger partial charge in [0.1, 0.15) is 6.79 Å². The van der Waals surface area contributed by atoms with Gasteiger partial charge in [0.25, 0.3) is 0 Å². The molecule has 3 rings (SSSR count). The molecule has 0 saturated heterocycles. The third-order valence-electron chi connectivity index (χ3n) is 5.81. The minimum Gasteiger partial charge on any atom is -0.481 e. The smallest absolute Gasteiger partial charge is 0.306 e. The summed E-state index contributed by atoms with van der Waals surface area (Å²) in [6.45, 7) is 5.64. The van der Waals surface area contributed by atoms with Crippen molar-refractivity contribution in [1.29, 1.82) is 0 Å². The van der Waals surface area contributed by atoms with Crippen molar-refractivity contribution >= 4 is 17.6 Å². The molecule has 1 N–H and O–H groups in total. The van der Waals surface area contributed by atoms with Crippen LogP contribution in [0.5, 0.6) is 0 Å². The van der Waals surface area contributed by atoms with Crippen LogP contribution in [0, 0.1) is 0 Å². The largest absolute Gasteiger partial charge is 0.481 e. The topological polar surface area (TPSA) is 82.8 Å². The van der Waals surface area contributed by atoms with Crippen molar-refractivity contribution in [3.8, 4) is 0 Å². The number of benzene rings is 2. The Bertz CT molecular complexity index is 1040. The molecule has 2 aromatic carbocycles. The normalized spacial score (nSPS) is 13.1. The van der Waals surface area contributed by atoms with Gasteiger partial charge in [0.05, 0.1) is 25.7 Å². The minimum absolute atomic E-state index is 0.109. The Morgan fingerprint density at radius 1 is 1.00 bits per heavy atom. The van der Waals surface area contributed by atoms with Crippen LogP contribution >= 0.6 is 11.6 Å². The maximum Gasteiger partial charge on any atom is 0.306 e. The van der Waals surface area contributed by atoms with E-state index in [0.29, 0.717) is 37.7 Å². The first-order valence-electron chi connectivity index (χ1n) is 12.2. The Morgan fingerprint density at radius 3 is 2.44 bits per heavy atom. The summed E-state index contributed by atoms with van der Waals surface area (Å²) in [6, 6.07) is 19.6. The van der Waals surface area contributed by atoms with E-state index in [2.05, 4.69) is 18.9 Å². The fourth-order valence-corrected chi connectivity index (χ4v) is 4.21. The summed E-state index contributed by atoms with van der Waals surface area (Å²) in [7, 11) is 0. The monoisotopic (exact) mass is 514 g/mol. The minimum atomic E-state index is -0.901. The number of aromatic nitrogens is 2. The molecule has 0 unspecified atom stereocenters. The zero-order valence-electron chi connectivity index (χ0n) is 20.9. The molecule has 0 amide bonds. The second-order valence-corrected chi connectivity index (χ2v) is 9.39. The van der Waals surface area contributed by atoms with Crippen LogP contribution in [0.4, 0.5) is 0 Å². The van der Waals surface area contributed by atoms with E-state index in [1.165, 1.54) is 0 Å². The number of aliphatic carboxylic acids is 1. The predicted octanol–water partition coefficient (Wildman–Crippen LogP) is 5.88. The highest BCUT2D eigenvalue weighted by molar-refractivity contribution is 6.30. The number of carboxylic acids is 1. The Balaban J connectivity index is 1.58. The predicted molar refractivity (Wildman–Crippen MR) is 139 cm³/mol.